The first kappa shape index (κ1) is 19.6. The van der Waals surface area contributed by atoms with E-state index in [9.17, 15) is 18.0 Å². The van der Waals surface area contributed by atoms with E-state index in [-0.39, 0.29) is 16.0 Å². The third-order valence-corrected chi connectivity index (χ3v) is 5.55. The van der Waals surface area contributed by atoms with Gasteiger partial charge in [-0.05, 0) is 31.0 Å². The molecule has 0 atom stereocenters. The molecule has 0 amide bonds. The van der Waals surface area contributed by atoms with Crippen molar-refractivity contribution in [3.05, 3.63) is 28.9 Å². The summed E-state index contributed by atoms with van der Waals surface area (Å²) in [5.74, 6) is -1.58. The van der Waals surface area contributed by atoms with Gasteiger partial charge in [-0.15, -0.1) is 23.4 Å². The Morgan fingerprint density at radius 1 is 1.33 bits per heavy atom. The highest BCUT2D eigenvalue weighted by molar-refractivity contribution is 7.99. The van der Waals surface area contributed by atoms with Gasteiger partial charge in [0.05, 0.1) is 5.02 Å². The van der Waals surface area contributed by atoms with Gasteiger partial charge in [-0.25, -0.2) is 4.79 Å². The number of aromatic nitrogens is 3. The predicted octanol–water partition coefficient (Wildman–Crippen LogP) is 3.82. The van der Waals surface area contributed by atoms with Crippen molar-refractivity contribution in [3.8, 4) is 5.75 Å². The minimum absolute atomic E-state index is 0.102. The van der Waals surface area contributed by atoms with Crippen LogP contribution in [0.2, 0.25) is 5.02 Å². The molecule has 3 rings (SSSR count). The number of aromatic carboxylic acids is 1. The van der Waals surface area contributed by atoms with Gasteiger partial charge in [0.15, 0.2) is 5.03 Å². The van der Waals surface area contributed by atoms with Crippen molar-refractivity contribution in [2.45, 2.75) is 29.5 Å². The third kappa shape index (κ3) is 4.98. The Morgan fingerprint density at radius 3 is 2.63 bits per heavy atom. The number of anilines is 1. The molecule has 1 aliphatic heterocycles. The smallest absolute Gasteiger partial charge is 0.476 e. The number of hydrogen-bond donors (Lipinski definition) is 2. The molecule has 1 saturated heterocycles. The quantitative estimate of drug-likeness (QED) is 0.756. The maximum absolute atomic E-state index is 12.3. The molecule has 146 valence electrons. The standard InChI is InChI=1S/C15H14ClF3N4O3S/c16-10-7-8(1-2-11(10)26-15(17,18)19)23-5-3-9(4-6-23)27-13-12(14(24)25)20-22-21-13/h1-2,7,9H,3-6H2,(H,24,25)(H,20,21,22). The van der Waals surface area contributed by atoms with E-state index in [1.54, 1.807) is 0 Å². The number of aromatic amines is 1. The number of rotatable bonds is 5. The first-order chi connectivity index (χ1) is 12.7. The largest absolute Gasteiger partial charge is 0.573 e. The van der Waals surface area contributed by atoms with Crippen LogP contribution in [0.3, 0.4) is 0 Å². The highest BCUT2D eigenvalue weighted by Crippen LogP contribution is 2.36. The normalized spacial score (nSPS) is 15.8. The van der Waals surface area contributed by atoms with Gasteiger partial charge in [0.1, 0.15) is 5.75 Å². The molecular weight excluding hydrogens is 409 g/mol. The Bertz CT molecular complexity index is 825. The molecule has 0 saturated carbocycles. The SMILES string of the molecule is O=C(O)c1n[nH]nc1SC1CCN(c2ccc(OC(F)(F)F)c(Cl)c2)CC1. The summed E-state index contributed by atoms with van der Waals surface area (Å²) in [7, 11) is 0. The number of ether oxygens (including phenoxy) is 1. The molecule has 0 aliphatic carbocycles. The molecule has 1 aromatic heterocycles. The van der Waals surface area contributed by atoms with Crippen LogP contribution in [0.15, 0.2) is 23.2 Å². The van der Waals surface area contributed by atoms with Crippen LogP contribution in [0.1, 0.15) is 23.3 Å². The molecule has 2 aromatic rings. The molecule has 0 radical (unpaired) electrons. The maximum Gasteiger partial charge on any atom is 0.573 e. The second-order valence-corrected chi connectivity index (χ2v) is 7.45. The van der Waals surface area contributed by atoms with Crippen LogP contribution >= 0.6 is 23.4 Å². The van der Waals surface area contributed by atoms with E-state index in [0.717, 1.165) is 12.8 Å². The Balaban J connectivity index is 1.60. The van der Waals surface area contributed by atoms with Crippen LogP contribution in [-0.4, -0.2) is 51.2 Å². The summed E-state index contributed by atoms with van der Waals surface area (Å²) in [6.45, 7) is 1.29. The Hall–Kier alpha value is -2.14. The summed E-state index contributed by atoms with van der Waals surface area (Å²) in [4.78, 5) is 13.1. The average molecular weight is 423 g/mol. The molecule has 0 bridgehead atoms. The second kappa shape index (κ2) is 7.85. The molecule has 1 fully saturated rings. The van der Waals surface area contributed by atoms with Gasteiger partial charge in [-0.1, -0.05) is 23.4 Å². The number of alkyl halides is 3. The van der Waals surface area contributed by atoms with Crippen molar-refractivity contribution in [2.75, 3.05) is 18.0 Å². The molecule has 2 heterocycles. The summed E-state index contributed by atoms with van der Waals surface area (Å²) in [6.07, 6.45) is -3.30. The van der Waals surface area contributed by atoms with Crippen molar-refractivity contribution in [1.82, 2.24) is 15.4 Å². The molecule has 2 N–H and O–H groups in total. The fourth-order valence-electron chi connectivity index (χ4n) is 2.73. The van der Waals surface area contributed by atoms with Crippen molar-refractivity contribution < 1.29 is 27.8 Å². The van der Waals surface area contributed by atoms with Gasteiger partial charge in [0.25, 0.3) is 0 Å². The third-order valence-electron chi connectivity index (χ3n) is 3.95. The highest BCUT2D eigenvalue weighted by atomic mass is 35.5. The zero-order valence-corrected chi connectivity index (χ0v) is 15.2. The van der Waals surface area contributed by atoms with Gasteiger partial charge < -0.3 is 14.7 Å². The van der Waals surface area contributed by atoms with Crippen LogP contribution in [-0.2, 0) is 0 Å². The zero-order chi connectivity index (χ0) is 19.6. The minimum atomic E-state index is -4.79. The lowest BCUT2D eigenvalue weighted by molar-refractivity contribution is -0.274. The van der Waals surface area contributed by atoms with E-state index in [4.69, 9.17) is 16.7 Å². The van der Waals surface area contributed by atoms with E-state index in [1.165, 1.54) is 30.0 Å². The molecule has 1 aromatic carbocycles. The van der Waals surface area contributed by atoms with Crippen LogP contribution in [0, 0.1) is 0 Å². The van der Waals surface area contributed by atoms with E-state index < -0.39 is 18.1 Å². The number of carbonyl (C=O) groups is 1. The molecular formula is C15H14ClF3N4O3S. The Labute approximate surface area is 160 Å². The van der Waals surface area contributed by atoms with E-state index in [2.05, 4.69) is 20.1 Å². The lowest BCUT2D eigenvalue weighted by atomic mass is 10.1. The van der Waals surface area contributed by atoms with Crippen molar-refractivity contribution in [2.24, 2.45) is 0 Å². The van der Waals surface area contributed by atoms with Crippen LogP contribution in [0.5, 0.6) is 5.75 Å². The molecule has 1 aliphatic rings. The lowest BCUT2D eigenvalue weighted by Gasteiger charge is -2.33. The number of piperidine rings is 1. The highest BCUT2D eigenvalue weighted by Gasteiger charge is 2.32. The van der Waals surface area contributed by atoms with Crippen LogP contribution in [0.25, 0.3) is 0 Å². The van der Waals surface area contributed by atoms with Crippen LogP contribution in [0.4, 0.5) is 18.9 Å². The number of nitrogens with zero attached hydrogens (tertiary/aromatic N) is 3. The van der Waals surface area contributed by atoms with Gasteiger partial charge in [0, 0.05) is 24.0 Å². The molecule has 0 spiro atoms. The fraction of sp³-hybridized carbons (Fsp3) is 0.400. The van der Waals surface area contributed by atoms with Gasteiger partial charge in [-0.2, -0.15) is 5.21 Å². The summed E-state index contributed by atoms with van der Waals surface area (Å²) in [6, 6.07) is 4.16. The second-order valence-electron chi connectivity index (χ2n) is 5.75. The number of halogens is 4. The number of H-pyrrole nitrogens is 1. The molecule has 27 heavy (non-hydrogen) atoms. The number of carboxylic acid groups (broad SMARTS) is 1. The number of benzene rings is 1. The monoisotopic (exact) mass is 422 g/mol. The van der Waals surface area contributed by atoms with Gasteiger partial charge in [-0.3, -0.25) is 0 Å². The topological polar surface area (TPSA) is 91.3 Å². The zero-order valence-electron chi connectivity index (χ0n) is 13.7. The Morgan fingerprint density at radius 2 is 2.04 bits per heavy atom. The summed E-state index contributed by atoms with van der Waals surface area (Å²) >= 11 is 7.25. The molecule has 12 heteroatoms. The molecule has 7 nitrogen and oxygen atoms in total. The predicted molar refractivity (Wildman–Crippen MR) is 92.6 cm³/mol. The number of thioether (sulfide) groups is 1. The van der Waals surface area contributed by atoms with Crippen molar-refractivity contribution in [1.29, 1.82) is 0 Å². The van der Waals surface area contributed by atoms with E-state index in [0.29, 0.717) is 23.8 Å². The summed E-state index contributed by atoms with van der Waals surface area (Å²) < 4.78 is 40.8. The van der Waals surface area contributed by atoms with Gasteiger partial charge in [0.2, 0.25) is 5.69 Å². The first-order valence-corrected chi connectivity index (χ1v) is 9.09. The molecule has 0 unspecified atom stereocenters. The number of nitrogens with one attached hydrogen (secondary N) is 1. The summed E-state index contributed by atoms with van der Waals surface area (Å²) in [5, 5.41) is 19.2. The van der Waals surface area contributed by atoms with E-state index in [1.807, 2.05) is 4.90 Å². The van der Waals surface area contributed by atoms with Gasteiger partial charge >= 0.3 is 12.3 Å². The van der Waals surface area contributed by atoms with Crippen LogP contribution < -0.4 is 9.64 Å². The number of carboxylic acids is 1. The average Bonchev–Trinajstić information content (AvgIpc) is 3.05. The fourth-order valence-corrected chi connectivity index (χ4v) is 4.04. The van der Waals surface area contributed by atoms with Crippen molar-refractivity contribution in [3.63, 3.8) is 0 Å². The van der Waals surface area contributed by atoms with Crippen molar-refractivity contribution >= 4 is 35.0 Å². The van der Waals surface area contributed by atoms with E-state index >= 15 is 0 Å². The maximum atomic E-state index is 12.3. The Kier molecular flexibility index (Phi) is 5.70. The number of hydrogen-bond acceptors (Lipinski definition) is 6. The first-order valence-electron chi connectivity index (χ1n) is 7.84. The minimum Gasteiger partial charge on any atom is -0.476 e. The lowest BCUT2D eigenvalue weighted by Crippen LogP contribution is -2.34. The summed E-state index contributed by atoms with van der Waals surface area (Å²) in [5.41, 5.74) is 0.597.